The second-order valence-corrected chi connectivity index (χ2v) is 9.27. The average Bonchev–Trinajstić information content (AvgIpc) is 3.38. The molecule has 0 N–H and O–H groups in total. The van der Waals surface area contributed by atoms with Crippen LogP contribution >= 0.6 is 11.3 Å². The predicted octanol–water partition coefficient (Wildman–Crippen LogP) is 3.47. The number of nitrogens with zero attached hydrogens (tertiary/aromatic N) is 2. The van der Waals surface area contributed by atoms with Gasteiger partial charge in [-0.15, -0.1) is 11.3 Å². The molecule has 2 aliphatic heterocycles. The molecule has 1 atom stereocenters. The van der Waals surface area contributed by atoms with E-state index in [9.17, 15) is 4.79 Å². The summed E-state index contributed by atoms with van der Waals surface area (Å²) < 4.78 is 11.9. The third kappa shape index (κ3) is 3.38. The van der Waals surface area contributed by atoms with Gasteiger partial charge in [-0.25, -0.2) is 0 Å². The number of likely N-dealkylation sites (tertiary alicyclic amines) is 1. The minimum atomic E-state index is -0.149. The quantitative estimate of drug-likeness (QED) is 0.699. The summed E-state index contributed by atoms with van der Waals surface area (Å²) in [7, 11) is 0. The molecular weight excluding hydrogens is 372 g/mol. The summed E-state index contributed by atoms with van der Waals surface area (Å²) >= 11 is 1.70. The van der Waals surface area contributed by atoms with Gasteiger partial charge >= 0.3 is 0 Å². The highest BCUT2D eigenvalue weighted by Crippen LogP contribution is 2.43. The lowest BCUT2D eigenvalue weighted by Gasteiger charge is -2.50. The first-order valence-electron chi connectivity index (χ1n) is 10.3. The van der Waals surface area contributed by atoms with Crippen LogP contribution in [-0.2, 0) is 28.9 Å². The van der Waals surface area contributed by atoms with Gasteiger partial charge in [0.2, 0.25) is 0 Å². The first-order valence-corrected chi connectivity index (χ1v) is 11.1. The van der Waals surface area contributed by atoms with Gasteiger partial charge in [-0.3, -0.25) is 9.78 Å². The molecule has 5 rings (SSSR count). The van der Waals surface area contributed by atoms with Crippen molar-refractivity contribution in [1.29, 1.82) is 0 Å². The van der Waals surface area contributed by atoms with Crippen molar-refractivity contribution in [2.45, 2.75) is 44.3 Å². The van der Waals surface area contributed by atoms with Crippen LogP contribution in [0.25, 0.3) is 0 Å². The maximum atomic E-state index is 12.8. The van der Waals surface area contributed by atoms with E-state index in [1.54, 1.807) is 17.5 Å². The second-order valence-electron chi connectivity index (χ2n) is 8.14. The topological polar surface area (TPSA) is 51.7 Å². The fourth-order valence-corrected chi connectivity index (χ4v) is 5.98. The largest absolute Gasteiger partial charge is 0.375 e. The molecule has 0 unspecified atom stereocenters. The third-order valence-corrected chi connectivity index (χ3v) is 7.57. The molecule has 0 radical (unpaired) electrons. The fraction of sp³-hybridized carbons (Fsp3) is 0.545. The minimum Gasteiger partial charge on any atom is -0.375 e. The molecule has 1 aliphatic carbocycles. The highest BCUT2D eigenvalue weighted by Gasteiger charge is 2.54. The Hall–Kier alpha value is -1.76. The van der Waals surface area contributed by atoms with E-state index in [1.807, 2.05) is 23.1 Å². The van der Waals surface area contributed by atoms with Crippen molar-refractivity contribution in [3.05, 3.63) is 51.5 Å². The molecule has 1 spiro atoms. The number of amides is 1. The lowest BCUT2D eigenvalue weighted by atomic mass is 9.79. The Balaban J connectivity index is 1.12. The number of aromatic nitrogens is 1. The van der Waals surface area contributed by atoms with Crippen LogP contribution in [0.3, 0.4) is 0 Å². The number of fused-ring (bicyclic) bond motifs is 1. The zero-order chi connectivity index (χ0) is 19.0. The molecule has 148 valence electrons. The molecule has 5 nitrogen and oxygen atoms in total. The van der Waals surface area contributed by atoms with E-state index in [1.165, 1.54) is 16.9 Å². The van der Waals surface area contributed by atoms with E-state index in [0.29, 0.717) is 19.1 Å². The number of carbonyl (C=O) groups excluding carboxylic acids is 1. The number of carbonyl (C=O) groups is 1. The standard InChI is InChI=1S/C22H26N2O3S/c25-21(20-12-16-4-3-6-19(16)28-20)24-14-22(15-24)17(8-11-27-22)7-10-26-13-18-5-1-2-9-23-18/h1-2,5,9,12,17H,3-4,6-8,10-11,13-15H2/t17-/m1/s1. The molecule has 2 fully saturated rings. The van der Waals surface area contributed by atoms with Crippen molar-refractivity contribution >= 4 is 17.2 Å². The van der Waals surface area contributed by atoms with E-state index in [0.717, 1.165) is 56.0 Å². The Morgan fingerprint density at radius 2 is 2.29 bits per heavy atom. The highest BCUT2D eigenvalue weighted by molar-refractivity contribution is 7.14. The summed E-state index contributed by atoms with van der Waals surface area (Å²) in [5, 5.41) is 0. The molecular formula is C22H26N2O3S. The number of hydrogen-bond acceptors (Lipinski definition) is 5. The Kier molecular flexibility index (Phi) is 4.95. The van der Waals surface area contributed by atoms with Gasteiger partial charge < -0.3 is 14.4 Å². The molecule has 28 heavy (non-hydrogen) atoms. The fourth-order valence-electron chi connectivity index (χ4n) is 4.76. The molecule has 2 aromatic heterocycles. The number of thiophene rings is 1. The third-order valence-electron chi connectivity index (χ3n) is 6.35. The number of rotatable bonds is 6. The van der Waals surface area contributed by atoms with E-state index in [2.05, 4.69) is 11.1 Å². The number of aryl methyl sites for hydroxylation is 2. The Morgan fingerprint density at radius 1 is 1.36 bits per heavy atom. The lowest BCUT2D eigenvalue weighted by Crippen LogP contribution is -2.66. The van der Waals surface area contributed by atoms with Crippen molar-refractivity contribution in [2.24, 2.45) is 5.92 Å². The Labute approximate surface area is 169 Å². The second kappa shape index (κ2) is 7.58. The van der Waals surface area contributed by atoms with Crippen LogP contribution in [0.15, 0.2) is 30.5 Å². The summed E-state index contributed by atoms with van der Waals surface area (Å²) in [4.78, 5) is 21.4. The average molecular weight is 399 g/mol. The van der Waals surface area contributed by atoms with Crippen molar-refractivity contribution in [3.63, 3.8) is 0 Å². The van der Waals surface area contributed by atoms with Gasteiger partial charge in [0.1, 0.15) is 5.60 Å². The van der Waals surface area contributed by atoms with Crippen LogP contribution in [0.5, 0.6) is 0 Å². The van der Waals surface area contributed by atoms with Crippen molar-refractivity contribution in [1.82, 2.24) is 9.88 Å². The van der Waals surface area contributed by atoms with Gasteiger partial charge in [0.15, 0.2) is 0 Å². The Morgan fingerprint density at radius 3 is 3.11 bits per heavy atom. The van der Waals surface area contributed by atoms with Gasteiger partial charge in [0, 0.05) is 24.3 Å². The Bertz CT molecular complexity index is 823. The van der Waals surface area contributed by atoms with Gasteiger partial charge in [-0.2, -0.15) is 0 Å². The molecule has 0 bridgehead atoms. The number of hydrogen-bond donors (Lipinski definition) is 0. The predicted molar refractivity (Wildman–Crippen MR) is 108 cm³/mol. The van der Waals surface area contributed by atoms with Crippen LogP contribution in [0.4, 0.5) is 0 Å². The van der Waals surface area contributed by atoms with Crippen molar-refractivity contribution in [2.75, 3.05) is 26.3 Å². The zero-order valence-corrected chi connectivity index (χ0v) is 16.9. The first-order chi connectivity index (χ1) is 13.7. The molecule has 2 saturated heterocycles. The van der Waals surface area contributed by atoms with E-state index in [4.69, 9.17) is 9.47 Å². The van der Waals surface area contributed by atoms with Gasteiger partial charge in [-0.05, 0) is 61.8 Å². The van der Waals surface area contributed by atoms with Crippen molar-refractivity contribution in [3.8, 4) is 0 Å². The monoisotopic (exact) mass is 398 g/mol. The summed E-state index contributed by atoms with van der Waals surface area (Å²) in [5.74, 6) is 0.652. The summed E-state index contributed by atoms with van der Waals surface area (Å²) in [5.41, 5.74) is 2.20. The molecule has 1 amide bonds. The zero-order valence-electron chi connectivity index (χ0n) is 16.1. The molecule has 2 aromatic rings. The molecule has 3 aliphatic rings. The smallest absolute Gasteiger partial charge is 0.264 e. The SMILES string of the molecule is O=C(c1cc2c(s1)CCC2)N1CC2(C1)OCC[C@H]2CCOCc1ccccn1. The van der Waals surface area contributed by atoms with Crippen LogP contribution in [0.2, 0.25) is 0 Å². The highest BCUT2D eigenvalue weighted by atomic mass is 32.1. The number of pyridine rings is 1. The van der Waals surface area contributed by atoms with Crippen LogP contribution in [0, 0.1) is 5.92 Å². The first kappa shape index (κ1) is 18.3. The van der Waals surface area contributed by atoms with E-state index >= 15 is 0 Å². The molecule has 0 aromatic carbocycles. The van der Waals surface area contributed by atoms with Crippen LogP contribution in [0.1, 0.15) is 45.1 Å². The molecule has 0 saturated carbocycles. The van der Waals surface area contributed by atoms with Gasteiger partial charge in [-0.1, -0.05) is 6.07 Å². The van der Waals surface area contributed by atoms with E-state index in [-0.39, 0.29) is 11.5 Å². The van der Waals surface area contributed by atoms with Gasteiger partial charge in [0.05, 0.1) is 30.3 Å². The lowest BCUT2D eigenvalue weighted by molar-refractivity contribution is -0.120. The van der Waals surface area contributed by atoms with Crippen LogP contribution in [-0.4, -0.2) is 47.7 Å². The summed E-state index contributed by atoms with van der Waals surface area (Å²) in [6.07, 6.45) is 7.33. The molecule has 6 heteroatoms. The van der Waals surface area contributed by atoms with Crippen LogP contribution < -0.4 is 0 Å². The van der Waals surface area contributed by atoms with Gasteiger partial charge in [0.25, 0.3) is 5.91 Å². The maximum Gasteiger partial charge on any atom is 0.264 e. The van der Waals surface area contributed by atoms with E-state index < -0.39 is 0 Å². The maximum absolute atomic E-state index is 12.8. The van der Waals surface area contributed by atoms with Crippen molar-refractivity contribution < 1.29 is 14.3 Å². The minimum absolute atomic E-state index is 0.149. The normalized spacial score (nSPS) is 22.4. The number of ether oxygens (including phenoxy) is 2. The summed E-state index contributed by atoms with van der Waals surface area (Å²) in [6.45, 7) is 3.49. The summed E-state index contributed by atoms with van der Waals surface area (Å²) in [6, 6.07) is 8.00. The molecule has 4 heterocycles.